The molecule has 0 aliphatic rings. The molecule has 3 aromatic rings. The number of nitrogens with zero attached hydrogens (tertiary/aromatic N) is 1. The number of nitrogens with one attached hydrogen (secondary N) is 1. The molecule has 0 saturated carbocycles. The molecule has 0 bridgehead atoms. The van der Waals surface area contributed by atoms with Crippen molar-refractivity contribution in [2.75, 3.05) is 18.4 Å². The Morgan fingerprint density at radius 1 is 0.844 bits per heavy atom. The topological polar surface area (TPSA) is 49.4 Å². The summed E-state index contributed by atoms with van der Waals surface area (Å²) >= 11 is 0. The van der Waals surface area contributed by atoms with Crippen LogP contribution in [0.5, 0.6) is 0 Å². The normalized spacial score (nSPS) is 11.2. The molecule has 3 rings (SSSR count). The fraction of sp³-hybridized carbons (Fsp3) is 0.200. The maximum Gasteiger partial charge on any atom is 0.417 e. The quantitative estimate of drug-likeness (QED) is 0.503. The number of anilines is 1. The van der Waals surface area contributed by atoms with Gasteiger partial charge in [0.15, 0.2) is 0 Å². The second kappa shape index (κ2) is 9.68. The number of hydrogen-bond acceptors (Lipinski definition) is 2. The molecule has 4 nitrogen and oxygen atoms in total. The Morgan fingerprint density at radius 3 is 2.09 bits per heavy atom. The van der Waals surface area contributed by atoms with Gasteiger partial charge in [-0.1, -0.05) is 54.6 Å². The molecule has 0 spiro atoms. The van der Waals surface area contributed by atoms with Gasteiger partial charge >= 0.3 is 6.18 Å². The zero-order chi connectivity index (χ0) is 23.3. The largest absolute Gasteiger partial charge is 0.417 e. The molecule has 3 aromatic carbocycles. The van der Waals surface area contributed by atoms with E-state index in [0.29, 0.717) is 18.7 Å². The van der Waals surface area contributed by atoms with Crippen molar-refractivity contribution >= 4 is 17.5 Å². The first-order valence-electron chi connectivity index (χ1n) is 10.2. The van der Waals surface area contributed by atoms with E-state index in [9.17, 15) is 22.8 Å². The van der Waals surface area contributed by atoms with Gasteiger partial charge < -0.3 is 10.2 Å². The summed E-state index contributed by atoms with van der Waals surface area (Å²) in [5.41, 5.74) is -0.511. The smallest absolute Gasteiger partial charge is 0.339 e. The highest BCUT2D eigenvalue weighted by atomic mass is 19.4. The highest BCUT2D eigenvalue weighted by Gasteiger charge is 2.37. The van der Waals surface area contributed by atoms with Gasteiger partial charge in [-0.2, -0.15) is 13.2 Å². The van der Waals surface area contributed by atoms with Gasteiger partial charge in [0, 0.05) is 13.1 Å². The summed E-state index contributed by atoms with van der Waals surface area (Å²) in [6.45, 7) is 4.59. The average molecular weight is 440 g/mol. The van der Waals surface area contributed by atoms with Crippen LogP contribution in [0.2, 0.25) is 0 Å². The minimum absolute atomic E-state index is 0.158. The van der Waals surface area contributed by atoms with Crippen LogP contribution in [0.15, 0.2) is 72.8 Å². The molecular weight excluding hydrogens is 417 g/mol. The number of para-hydroxylation sites is 1. The van der Waals surface area contributed by atoms with Crippen LogP contribution in [0.25, 0.3) is 11.1 Å². The van der Waals surface area contributed by atoms with E-state index in [2.05, 4.69) is 5.32 Å². The molecule has 0 aliphatic carbocycles. The lowest BCUT2D eigenvalue weighted by Gasteiger charge is -2.21. The van der Waals surface area contributed by atoms with Gasteiger partial charge in [0.1, 0.15) is 0 Å². The van der Waals surface area contributed by atoms with Crippen LogP contribution in [0.3, 0.4) is 0 Å². The summed E-state index contributed by atoms with van der Waals surface area (Å²) < 4.78 is 41.4. The van der Waals surface area contributed by atoms with Crippen molar-refractivity contribution < 1.29 is 22.8 Å². The van der Waals surface area contributed by atoms with Crippen LogP contribution >= 0.6 is 0 Å². The highest BCUT2D eigenvalue weighted by molar-refractivity contribution is 6.12. The number of benzene rings is 3. The minimum atomic E-state index is -4.73. The molecule has 0 radical (unpaired) electrons. The van der Waals surface area contributed by atoms with Gasteiger partial charge in [0.25, 0.3) is 11.8 Å². The van der Waals surface area contributed by atoms with Crippen molar-refractivity contribution in [3.05, 3.63) is 89.5 Å². The highest BCUT2D eigenvalue weighted by Crippen LogP contribution is 2.37. The van der Waals surface area contributed by atoms with Gasteiger partial charge in [-0.3, -0.25) is 9.59 Å². The van der Waals surface area contributed by atoms with Crippen molar-refractivity contribution in [3.63, 3.8) is 0 Å². The number of amides is 2. The van der Waals surface area contributed by atoms with Crippen molar-refractivity contribution in [1.82, 2.24) is 4.90 Å². The number of rotatable bonds is 6. The molecular formula is C25H23F3N2O2. The van der Waals surface area contributed by atoms with Gasteiger partial charge in [-0.05, 0) is 43.2 Å². The third-order valence-corrected chi connectivity index (χ3v) is 5.14. The zero-order valence-corrected chi connectivity index (χ0v) is 17.7. The third-order valence-electron chi connectivity index (χ3n) is 5.14. The molecule has 0 atom stereocenters. The Bertz CT molecular complexity index is 1110. The summed E-state index contributed by atoms with van der Waals surface area (Å²) in [5.74, 6) is -1.24. The third kappa shape index (κ3) is 4.82. The van der Waals surface area contributed by atoms with Gasteiger partial charge in [0.2, 0.25) is 0 Å². The molecule has 0 fully saturated rings. The van der Waals surface area contributed by atoms with E-state index >= 15 is 0 Å². The Morgan fingerprint density at radius 2 is 1.47 bits per heavy atom. The number of carbonyl (C=O) groups is 2. The second-order valence-corrected chi connectivity index (χ2v) is 7.07. The fourth-order valence-corrected chi connectivity index (χ4v) is 3.54. The lowest BCUT2D eigenvalue weighted by Crippen LogP contribution is -2.31. The molecule has 0 aliphatic heterocycles. The van der Waals surface area contributed by atoms with E-state index in [1.807, 2.05) is 13.8 Å². The van der Waals surface area contributed by atoms with Crippen LogP contribution in [-0.4, -0.2) is 29.8 Å². The van der Waals surface area contributed by atoms with Crippen LogP contribution in [0, 0.1) is 0 Å². The Hall–Kier alpha value is -3.61. The predicted molar refractivity (Wildman–Crippen MR) is 119 cm³/mol. The van der Waals surface area contributed by atoms with Crippen molar-refractivity contribution in [1.29, 1.82) is 0 Å². The monoisotopic (exact) mass is 440 g/mol. The van der Waals surface area contributed by atoms with E-state index in [-0.39, 0.29) is 22.7 Å². The Kier molecular flexibility index (Phi) is 6.98. The molecule has 0 heterocycles. The molecule has 0 unspecified atom stereocenters. The Labute approximate surface area is 184 Å². The van der Waals surface area contributed by atoms with Crippen molar-refractivity contribution in [3.8, 4) is 11.1 Å². The van der Waals surface area contributed by atoms with E-state index < -0.39 is 23.2 Å². The zero-order valence-electron chi connectivity index (χ0n) is 17.7. The molecule has 2 amide bonds. The summed E-state index contributed by atoms with van der Waals surface area (Å²) in [4.78, 5) is 27.7. The van der Waals surface area contributed by atoms with Crippen LogP contribution in [0.4, 0.5) is 18.9 Å². The van der Waals surface area contributed by atoms with Crippen molar-refractivity contribution in [2.45, 2.75) is 20.0 Å². The van der Waals surface area contributed by atoms with E-state index in [4.69, 9.17) is 0 Å². The number of carbonyl (C=O) groups excluding carboxylic acids is 2. The lowest BCUT2D eigenvalue weighted by molar-refractivity contribution is -0.137. The first-order chi connectivity index (χ1) is 15.3. The lowest BCUT2D eigenvalue weighted by atomic mass is 9.94. The number of alkyl halides is 3. The SMILES string of the molecule is CCN(CC)C(=O)c1ccccc1NC(=O)c1c(-c2ccccc2)cccc1C(F)(F)F. The van der Waals surface area contributed by atoms with E-state index in [1.165, 1.54) is 18.2 Å². The van der Waals surface area contributed by atoms with Crippen molar-refractivity contribution in [2.24, 2.45) is 0 Å². The fourth-order valence-electron chi connectivity index (χ4n) is 3.54. The van der Waals surface area contributed by atoms with Gasteiger partial charge in [-0.25, -0.2) is 0 Å². The first kappa shape index (κ1) is 23.1. The van der Waals surface area contributed by atoms with Crippen LogP contribution < -0.4 is 5.32 Å². The molecule has 0 saturated heterocycles. The van der Waals surface area contributed by atoms with E-state index in [1.54, 1.807) is 53.4 Å². The first-order valence-corrected chi connectivity index (χ1v) is 10.2. The van der Waals surface area contributed by atoms with Crippen LogP contribution in [-0.2, 0) is 6.18 Å². The summed E-state index contributed by atoms with van der Waals surface area (Å²) in [6.07, 6.45) is -4.73. The van der Waals surface area contributed by atoms with Gasteiger partial charge in [0.05, 0.1) is 22.4 Å². The molecule has 1 N–H and O–H groups in total. The summed E-state index contributed by atoms with van der Waals surface area (Å²) in [6, 6.07) is 18.4. The second-order valence-electron chi connectivity index (χ2n) is 7.07. The Balaban J connectivity index is 2.09. The minimum Gasteiger partial charge on any atom is -0.339 e. The summed E-state index contributed by atoms with van der Waals surface area (Å²) in [5, 5.41) is 2.55. The van der Waals surface area contributed by atoms with Crippen LogP contribution in [0.1, 0.15) is 40.1 Å². The standard InChI is InChI=1S/C25H23F3N2O2/c1-3-30(4-2)24(32)19-13-8-9-16-21(19)29-23(31)22-18(17-11-6-5-7-12-17)14-10-15-20(22)25(26,27)28/h5-16H,3-4H2,1-2H3,(H,29,31). The molecule has 0 aromatic heterocycles. The van der Waals surface area contributed by atoms with E-state index in [0.717, 1.165) is 6.07 Å². The maximum absolute atomic E-state index is 13.8. The molecule has 166 valence electrons. The molecule has 7 heteroatoms. The average Bonchev–Trinajstić information content (AvgIpc) is 2.79. The number of hydrogen-bond donors (Lipinski definition) is 1. The predicted octanol–water partition coefficient (Wildman–Crippen LogP) is 6.11. The maximum atomic E-state index is 13.8. The molecule has 32 heavy (non-hydrogen) atoms. The number of halogens is 3. The van der Waals surface area contributed by atoms with Gasteiger partial charge in [-0.15, -0.1) is 0 Å². The summed E-state index contributed by atoms with van der Waals surface area (Å²) in [7, 11) is 0.